The predicted molar refractivity (Wildman–Crippen MR) is 86.1 cm³/mol. The van der Waals surface area contributed by atoms with Crippen LogP contribution in [0.25, 0.3) is 0 Å². The summed E-state index contributed by atoms with van der Waals surface area (Å²) in [7, 11) is 0. The number of aliphatic imine (C=N–C) groups is 1. The predicted octanol–water partition coefficient (Wildman–Crippen LogP) is 2.82. The lowest BCUT2D eigenvalue weighted by molar-refractivity contribution is -0.134. The molecule has 1 aromatic rings. The molecule has 0 aromatic heterocycles. The molecule has 1 aliphatic heterocycles. The molecule has 2 rings (SSSR count). The summed E-state index contributed by atoms with van der Waals surface area (Å²) < 4.78 is 4.97. The highest BCUT2D eigenvalue weighted by Crippen LogP contribution is 2.29. The van der Waals surface area contributed by atoms with Crippen LogP contribution in [0.2, 0.25) is 0 Å². The van der Waals surface area contributed by atoms with E-state index in [1.807, 2.05) is 26.8 Å². The molecule has 0 radical (unpaired) electrons. The number of carbonyl (C=O) groups excluding carboxylic acids is 1. The molecule has 0 aliphatic carbocycles. The monoisotopic (exact) mass is 302 g/mol. The normalized spacial score (nSPS) is 16.8. The minimum atomic E-state index is -0.661. The van der Waals surface area contributed by atoms with Gasteiger partial charge in [0.15, 0.2) is 0 Å². The van der Waals surface area contributed by atoms with Crippen LogP contribution in [0.5, 0.6) is 0 Å². The average molecular weight is 302 g/mol. The van der Waals surface area contributed by atoms with Gasteiger partial charge in [0, 0.05) is 5.56 Å². The van der Waals surface area contributed by atoms with Crippen LogP contribution in [0.4, 0.5) is 0 Å². The number of hydrogen-bond acceptors (Lipinski definition) is 5. The maximum absolute atomic E-state index is 12.1. The van der Waals surface area contributed by atoms with Crippen LogP contribution in [0.1, 0.15) is 43.0 Å². The van der Waals surface area contributed by atoms with E-state index >= 15 is 0 Å². The van der Waals surface area contributed by atoms with Gasteiger partial charge in [-0.15, -0.1) is 0 Å². The van der Waals surface area contributed by atoms with Crippen molar-refractivity contribution in [2.45, 2.75) is 46.6 Å². The lowest BCUT2D eigenvalue weighted by Gasteiger charge is -2.29. The lowest BCUT2D eigenvalue weighted by atomic mass is 9.83. The Morgan fingerprint density at radius 2 is 2.00 bits per heavy atom. The number of nitrogens with zero attached hydrogens (tertiary/aromatic N) is 2. The van der Waals surface area contributed by atoms with Crippen molar-refractivity contribution in [1.82, 2.24) is 0 Å². The number of esters is 1. The van der Waals surface area contributed by atoms with E-state index in [1.54, 1.807) is 6.92 Å². The highest BCUT2D eigenvalue weighted by atomic mass is 16.5. The van der Waals surface area contributed by atoms with E-state index in [2.05, 4.69) is 23.1 Å². The summed E-state index contributed by atoms with van der Waals surface area (Å²) in [5.74, 6) is -0.661. The van der Waals surface area contributed by atoms with E-state index in [4.69, 9.17) is 4.74 Å². The topological polar surface area (TPSA) is 71.2 Å². The summed E-state index contributed by atoms with van der Waals surface area (Å²) in [5.41, 5.74) is 4.12. The third kappa shape index (κ3) is 3.03. The van der Waals surface area contributed by atoms with Crippen molar-refractivity contribution in [2.24, 2.45) is 10.1 Å². The van der Waals surface area contributed by atoms with Crippen molar-refractivity contribution in [3.63, 3.8) is 0 Å². The first kappa shape index (κ1) is 16.2. The molecule has 1 N–H and O–H groups in total. The second kappa shape index (κ2) is 5.91. The SMILES string of the molecule is CCOC(=O)/C(=N/O)C1=NC(C)(C)Cc2cc(C)c(C)cc21. The number of oxime groups is 1. The fourth-order valence-electron chi connectivity index (χ4n) is 2.68. The molecule has 0 fully saturated rings. The maximum Gasteiger partial charge on any atom is 0.362 e. The van der Waals surface area contributed by atoms with Crippen LogP contribution >= 0.6 is 0 Å². The molecule has 5 heteroatoms. The quantitative estimate of drug-likeness (QED) is 0.404. The standard InChI is InChI=1S/C17H22N2O3/c1-6-22-16(20)15(19-21)14-13-8-11(3)10(2)7-12(13)9-17(4,5)18-14/h7-8,21H,6,9H2,1-5H3/b19-15+. The van der Waals surface area contributed by atoms with Gasteiger partial charge in [-0.1, -0.05) is 11.2 Å². The lowest BCUT2D eigenvalue weighted by Crippen LogP contribution is -2.36. The molecule has 0 atom stereocenters. The number of fused-ring (bicyclic) bond motifs is 1. The maximum atomic E-state index is 12.1. The van der Waals surface area contributed by atoms with Gasteiger partial charge in [0.2, 0.25) is 5.71 Å². The van der Waals surface area contributed by atoms with Crippen LogP contribution in [0, 0.1) is 13.8 Å². The van der Waals surface area contributed by atoms with Gasteiger partial charge in [-0.05, 0) is 63.8 Å². The minimum Gasteiger partial charge on any atom is -0.461 e. The molecule has 0 amide bonds. The van der Waals surface area contributed by atoms with Crippen molar-refractivity contribution < 1.29 is 14.7 Å². The molecule has 118 valence electrons. The van der Waals surface area contributed by atoms with E-state index in [0.29, 0.717) is 5.71 Å². The highest BCUT2D eigenvalue weighted by Gasteiger charge is 2.32. The summed E-state index contributed by atoms with van der Waals surface area (Å²) >= 11 is 0. The first-order valence-electron chi connectivity index (χ1n) is 7.39. The van der Waals surface area contributed by atoms with Gasteiger partial charge < -0.3 is 9.94 Å². The zero-order valence-electron chi connectivity index (χ0n) is 13.7. The molecule has 5 nitrogen and oxygen atoms in total. The van der Waals surface area contributed by atoms with E-state index in [9.17, 15) is 10.0 Å². The fourth-order valence-corrected chi connectivity index (χ4v) is 2.68. The van der Waals surface area contributed by atoms with Gasteiger partial charge in [0.25, 0.3) is 0 Å². The zero-order valence-corrected chi connectivity index (χ0v) is 13.7. The molecule has 0 unspecified atom stereocenters. The largest absolute Gasteiger partial charge is 0.461 e. The minimum absolute atomic E-state index is 0.140. The molecule has 1 heterocycles. The third-order valence-electron chi connectivity index (χ3n) is 3.81. The highest BCUT2D eigenvalue weighted by molar-refractivity contribution is 6.69. The van der Waals surface area contributed by atoms with Crippen LogP contribution in [-0.2, 0) is 16.0 Å². The Morgan fingerprint density at radius 1 is 1.36 bits per heavy atom. The van der Waals surface area contributed by atoms with Crippen LogP contribution < -0.4 is 0 Å². The molecular formula is C17H22N2O3. The van der Waals surface area contributed by atoms with E-state index in [1.165, 1.54) is 5.56 Å². The Kier molecular flexibility index (Phi) is 4.35. The second-order valence-electron chi connectivity index (χ2n) is 6.21. The summed E-state index contributed by atoms with van der Waals surface area (Å²) in [4.78, 5) is 16.7. The van der Waals surface area contributed by atoms with Gasteiger partial charge in [0.1, 0.15) is 5.71 Å². The fraction of sp³-hybridized carbons (Fsp3) is 0.471. The Balaban J connectivity index is 2.61. The third-order valence-corrected chi connectivity index (χ3v) is 3.81. The van der Waals surface area contributed by atoms with Gasteiger partial charge in [-0.25, -0.2) is 4.79 Å². The van der Waals surface area contributed by atoms with Crippen molar-refractivity contribution >= 4 is 17.4 Å². The van der Waals surface area contributed by atoms with Crippen molar-refractivity contribution in [2.75, 3.05) is 6.61 Å². The Morgan fingerprint density at radius 3 is 2.59 bits per heavy atom. The average Bonchev–Trinajstić information content (AvgIpc) is 2.41. The summed E-state index contributed by atoms with van der Waals surface area (Å²) in [5, 5.41) is 12.5. The number of rotatable bonds is 3. The van der Waals surface area contributed by atoms with E-state index in [0.717, 1.165) is 23.1 Å². The summed E-state index contributed by atoms with van der Waals surface area (Å²) in [6, 6.07) is 4.10. The van der Waals surface area contributed by atoms with Crippen LogP contribution in [0.3, 0.4) is 0 Å². The first-order chi connectivity index (χ1) is 10.3. The molecule has 0 spiro atoms. The molecule has 0 saturated carbocycles. The second-order valence-corrected chi connectivity index (χ2v) is 6.21. The Bertz CT molecular complexity index is 673. The van der Waals surface area contributed by atoms with E-state index in [-0.39, 0.29) is 17.9 Å². The van der Waals surface area contributed by atoms with Crippen LogP contribution in [-0.4, -0.2) is 34.7 Å². The Hall–Kier alpha value is -2.17. The molecule has 1 aromatic carbocycles. The van der Waals surface area contributed by atoms with Gasteiger partial charge in [0.05, 0.1) is 12.1 Å². The van der Waals surface area contributed by atoms with Gasteiger partial charge in [-0.3, -0.25) is 4.99 Å². The van der Waals surface area contributed by atoms with Crippen LogP contribution in [0.15, 0.2) is 22.3 Å². The van der Waals surface area contributed by atoms with Gasteiger partial charge in [-0.2, -0.15) is 0 Å². The summed E-state index contributed by atoms with van der Waals surface area (Å²) in [6.07, 6.45) is 0.772. The molecule has 1 aliphatic rings. The first-order valence-corrected chi connectivity index (χ1v) is 7.39. The number of aryl methyl sites for hydroxylation is 2. The number of ether oxygens (including phenoxy) is 1. The van der Waals surface area contributed by atoms with E-state index < -0.39 is 5.97 Å². The van der Waals surface area contributed by atoms with Crippen molar-refractivity contribution in [3.8, 4) is 0 Å². The molecular weight excluding hydrogens is 280 g/mol. The number of hydrogen-bond donors (Lipinski definition) is 1. The van der Waals surface area contributed by atoms with Crippen molar-refractivity contribution in [1.29, 1.82) is 0 Å². The molecule has 22 heavy (non-hydrogen) atoms. The van der Waals surface area contributed by atoms with Gasteiger partial charge >= 0.3 is 5.97 Å². The number of carbonyl (C=O) groups is 1. The number of benzene rings is 1. The molecule has 0 saturated heterocycles. The summed E-state index contributed by atoms with van der Waals surface area (Å²) in [6.45, 7) is 9.97. The van der Waals surface area contributed by atoms with Crippen molar-refractivity contribution in [3.05, 3.63) is 34.4 Å². The Labute approximate surface area is 130 Å². The molecule has 0 bridgehead atoms. The zero-order chi connectivity index (χ0) is 16.5. The smallest absolute Gasteiger partial charge is 0.362 e.